The van der Waals surface area contributed by atoms with Crippen molar-refractivity contribution in [3.63, 3.8) is 0 Å². The van der Waals surface area contributed by atoms with Gasteiger partial charge in [-0.05, 0) is 53.1 Å². The van der Waals surface area contributed by atoms with Gasteiger partial charge in [0.25, 0.3) is 0 Å². The molecule has 1 aliphatic rings. The standard InChI is InChI=1S/C28H22ClF5N4O/c29-25-12-18(7-9-35-25)15-36-27(39)38-23-8-11-37(10-1-2-17-3-5-20(30)6-4-17)16-21(23)26-22(31)13-19(14-24(26)38)28(32,33)34/h1-7,9,12-14H,8,10-11,15-16H2,(H,36,39). The van der Waals surface area contributed by atoms with Gasteiger partial charge < -0.3 is 5.32 Å². The largest absolute Gasteiger partial charge is 0.416 e. The van der Waals surface area contributed by atoms with Crippen molar-refractivity contribution in [2.45, 2.75) is 25.7 Å². The Morgan fingerprint density at radius 2 is 1.87 bits per heavy atom. The van der Waals surface area contributed by atoms with Crippen molar-refractivity contribution < 1.29 is 26.7 Å². The number of hydrogen-bond acceptors (Lipinski definition) is 3. The first kappa shape index (κ1) is 26.8. The minimum absolute atomic E-state index is 0.00711. The fraction of sp³-hybridized carbons (Fsp3) is 0.214. The highest BCUT2D eigenvalue weighted by molar-refractivity contribution is 6.29. The van der Waals surface area contributed by atoms with Gasteiger partial charge in [0.1, 0.15) is 16.8 Å². The number of benzene rings is 2. The Bertz CT molecular complexity index is 1560. The van der Waals surface area contributed by atoms with Crippen molar-refractivity contribution in [3.8, 4) is 0 Å². The summed E-state index contributed by atoms with van der Waals surface area (Å²) in [5, 5.41) is 2.92. The summed E-state index contributed by atoms with van der Waals surface area (Å²) in [5.74, 6) is -1.37. The summed E-state index contributed by atoms with van der Waals surface area (Å²) in [7, 11) is 0. The summed E-state index contributed by atoms with van der Waals surface area (Å²) in [6.45, 7) is 1.26. The molecule has 0 radical (unpaired) electrons. The molecule has 0 saturated carbocycles. The number of amides is 1. The molecule has 1 aliphatic heterocycles. The van der Waals surface area contributed by atoms with Crippen LogP contribution in [0, 0.1) is 11.6 Å². The second-order valence-electron chi connectivity index (χ2n) is 9.20. The number of carbonyl (C=O) groups excluding carboxylic acids is 1. The molecule has 0 bridgehead atoms. The van der Waals surface area contributed by atoms with Crippen LogP contribution < -0.4 is 5.32 Å². The van der Waals surface area contributed by atoms with Gasteiger partial charge in [-0.15, -0.1) is 0 Å². The fourth-order valence-corrected chi connectivity index (χ4v) is 4.96. The molecular formula is C28H22ClF5N4O. The van der Waals surface area contributed by atoms with Gasteiger partial charge in [0.2, 0.25) is 0 Å². The van der Waals surface area contributed by atoms with Gasteiger partial charge in [-0.1, -0.05) is 35.9 Å². The highest BCUT2D eigenvalue weighted by Crippen LogP contribution is 2.38. The molecule has 202 valence electrons. The zero-order valence-corrected chi connectivity index (χ0v) is 21.2. The lowest BCUT2D eigenvalue weighted by atomic mass is 10.0. The van der Waals surface area contributed by atoms with Crippen molar-refractivity contribution in [2.24, 2.45) is 0 Å². The van der Waals surface area contributed by atoms with E-state index in [0.29, 0.717) is 42.4 Å². The van der Waals surface area contributed by atoms with Crippen molar-refractivity contribution in [1.82, 2.24) is 19.8 Å². The highest BCUT2D eigenvalue weighted by Gasteiger charge is 2.35. The summed E-state index contributed by atoms with van der Waals surface area (Å²) >= 11 is 5.90. The summed E-state index contributed by atoms with van der Waals surface area (Å²) in [5.41, 5.74) is 1.09. The molecule has 3 heterocycles. The van der Waals surface area contributed by atoms with E-state index in [1.54, 1.807) is 24.3 Å². The van der Waals surface area contributed by atoms with E-state index >= 15 is 4.39 Å². The zero-order valence-electron chi connectivity index (χ0n) is 20.4. The van der Waals surface area contributed by atoms with Gasteiger partial charge in [0.05, 0.1) is 11.1 Å². The molecule has 0 aliphatic carbocycles. The molecule has 0 saturated heterocycles. The maximum atomic E-state index is 15.2. The topological polar surface area (TPSA) is 50.2 Å². The third-order valence-electron chi connectivity index (χ3n) is 6.59. The van der Waals surface area contributed by atoms with Gasteiger partial charge in [-0.3, -0.25) is 9.47 Å². The Morgan fingerprint density at radius 3 is 2.59 bits per heavy atom. The number of nitrogens with one attached hydrogen (secondary N) is 1. The molecular weight excluding hydrogens is 539 g/mol. The van der Waals surface area contributed by atoms with Crippen molar-refractivity contribution in [3.05, 3.63) is 106 Å². The Morgan fingerprint density at radius 1 is 1.10 bits per heavy atom. The first-order valence-corrected chi connectivity index (χ1v) is 12.4. The molecule has 5 rings (SSSR count). The maximum absolute atomic E-state index is 15.2. The van der Waals surface area contributed by atoms with Crippen LogP contribution in [-0.4, -0.2) is 33.6 Å². The van der Waals surface area contributed by atoms with Gasteiger partial charge in [-0.25, -0.2) is 18.6 Å². The number of alkyl halides is 3. The van der Waals surface area contributed by atoms with Crippen LogP contribution >= 0.6 is 11.6 Å². The summed E-state index contributed by atoms with van der Waals surface area (Å²) in [4.78, 5) is 19.2. The molecule has 0 atom stereocenters. The lowest BCUT2D eigenvalue weighted by Gasteiger charge is -2.27. The van der Waals surface area contributed by atoms with Gasteiger partial charge in [0.15, 0.2) is 0 Å². The van der Waals surface area contributed by atoms with E-state index in [2.05, 4.69) is 10.3 Å². The summed E-state index contributed by atoms with van der Waals surface area (Å²) in [6, 6.07) is 9.81. The number of pyridine rings is 1. The number of hydrogen-bond donors (Lipinski definition) is 1. The van der Waals surface area contributed by atoms with E-state index in [4.69, 9.17) is 11.6 Å². The monoisotopic (exact) mass is 560 g/mol. The third-order valence-corrected chi connectivity index (χ3v) is 6.79. The van der Waals surface area contributed by atoms with Crippen LogP contribution in [0.2, 0.25) is 5.15 Å². The first-order chi connectivity index (χ1) is 18.6. The van der Waals surface area contributed by atoms with Crippen LogP contribution in [-0.2, 0) is 25.7 Å². The molecule has 2 aromatic carbocycles. The molecule has 0 spiro atoms. The fourth-order valence-electron chi connectivity index (χ4n) is 4.76. The Kier molecular flexibility index (Phi) is 7.42. The summed E-state index contributed by atoms with van der Waals surface area (Å²) < 4.78 is 70.2. The second kappa shape index (κ2) is 10.8. The van der Waals surface area contributed by atoms with Gasteiger partial charge in [0, 0.05) is 49.9 Å². The van der Waals surface area contributed by atoms with E-state index in [9.17, 15) is 22.4 Å². The highest BCUT2D eigenvalue weighted by atomic mass is 35.5. The van der Waals surface area contributed by atoms with E-state index < -0.39 is 23.6 Å². The molecule has 1 N–H and O–H groups in total. The third kappa shape index (κ3) is 5.81. The number of fused-ring (bicyclic) bond motifs is 3. The molecule has 1 amide bonds. The van der Waals surface area contributed by atoms with Crippen molar-refractivity contribution >= 4 is 34.6 Å². The molecule has 0 fully saturated rings. The van der Waals surface area contributed by atoms with E-state index in [1.807, 2.05) is 17.1 Å². The Hall–Kier alpha value is -3.76. The quantitative estimate of drug-likeness (QED) is 0.215. The molecule has 5 nitrogen and oxygen atoms in total. The van der Waals surface area contributed by atoms with Crippen LogP contribution in [0.25, 0.3) is 17.0 Å². The predicted molar refractivity (Wildman–Crippen MR) is 138 cm³/mol. The number of carbonyl (C=O) groups is 1. The number of halogens is 6. The van der Waals surface area contributed by atoms with Crippen molar-refractivity contribution in [2.75, 3.05) is 13.1 Å². The predicted octanol–water partition coefficient (Wildman–Crippen LogP) is 6.82. The molecule has 4 aromatic rings. The Balaban J connectivity index is 1.47. The van der Waals surface area contributed by atoms with Crippen LogP contribution in [0.5, 0.6) is 0 Å². The summed E-state index contributed by atoms with van der Waals surface area (Å²) in [6.07, 6.45) is 0.714. The maximum Gasteiger partial charge on any atom is 0.416 e. The lowest BCUT2D eigenvalue weighted by Crippen LogP contribution is -2.34. The van der Waals surface area contributed by atoms with Gasteiger partial charge >= 0.3 is 12.2 Å². The molecule has 39 heavy (non-hydrogen) atoms. The van der Waals surface area contributed by atoms with Crippen molar-refractivity contribution in [1.29, 1.82) is 0 Å². The number of rotatable bonds is 5. The zero-order chi connectivity index (χ0) is 27.7. The normalized spacial score (nSPS) is 14.2. The van der Waals surface area contributed by atoms with Crippen LogP contribution in [0.4, 0.5) is 26.7 Å². The van der Waals surface area contributed by atoms with Crippen LogP contribution in [0.1, 0.15) is 27.9 Å². The Labute approximate surface area is 225 Å². The average molecular weight is 561 g/mol. The van der Waals surface area contributed by atoms with E-state index in [0.717, 1.165) is 16.2 Å². The van der Waals surface area contributed by atoms with E-state index in [-0.39, 0.29) is 35.0 Å². The van der Waals surface area contributed by atoms with Crippen LogP contribution in [0.15, 0.2) is 60.8 Å². The minimum atomic E-state index is -4.79. The number of nitrogens with zero attached hydrogens (tertiary/aromatic N) is 3. The van der Waals surface area contributed by atoms with E-state index in [1.165, 1.54) is 18.3 Å². The minimum Gasteiger partial charge on any atom is -0.333 e. The first-order valence-electron chi connectivity index (χ1n) is 12.1. The molecule has 2 aromatic heterocycles. The number of aromatic nitrogens is 2. The average Bonchev–Trinajstić information content (AvgIpc) is 3.22. The molecule has 11 heteroatoms. The van der Waals surface area contributed by atoms with Gasteiger partial charge in [-0.2, -0.15) is 13.2 Å². The molecule has 0 unspecified atom stereocenters. The lowest BCUT2D eigenvalue weighted by molar-refractivity contribution is -0.137. The smallest absolute Gasteiger partial charge is 0.333 e. The van der Waals surface area contributed by atoms with Crippen LogP contribution in [0.3, 0.4) is 0 Å². The SMILES string of the molecule is O=C(NCc1ccnc(Cl)c1)n1c2c(c3c(F)cc(C(F)(F)F)cc31)CN(CC=Cc1ccc(F)cc1)CC2. The second-order valence-corrected chi connectivity index (χ2v) is 9.58.